The molecule has 4 rings (SSSR count). The van der Waals surface area contributed by atoms with E-state index >= 15 is 0 Å². The summed E-state index contributed by atoms with van der Waals surface area (Å²) >= 11 is 0. The number of benzene rings is 1. The number of ether oxygens (including phenoxy) is 1. The van der Waals surface area contributed by atoms with E-state index in [1.54, 1.807) is 36.1 Å². The van der Waals surface area contributed by atoms with Crippen LogP contribution in [0.5, 0.6) is 0 Å². The summed E-state index contributed by atoms with van der Waals surface area (Å²) in [6.45, 7) is 0.672. The van der Waals surface area contributed by atoms with E-state index in [9.17, 15) is 9.59 Å². The molecule has 144 valence electrons. The van der Waals surface area contributed by atoms with Crippen molar-refractivity contribution in [3.8, 4) is 0 Å². The van der Waals surface area contributed by atoms with Crippen molar-refractivity contribution < 1.29 is 9.53 Å². The summed E-state index contributed by atoms with van der Waals surface area (Å²) in [7, 11) is 1.72. The van der Waals surface area contributed by atoms with Crippen molar-refractivity contribution in [3.05, 3.63) is 70.8 Å². The van der Waals surface area contributed by atoms with Gasteiger partial charge >= 0.3 is 6.03 Å². The Bertz CT molecular complexity index is 1050. The number of nitrogens with one attached hydrogen (secondary N) is 2. The largest absolute Gasteiger partial charge is 0.371 e. The summed E-state index contributed by atoms with van der Waals surface area (Å²) in [6.07, 6.45) is 4.99. The van der Waals surface area contributed by atoms with Gasteiger partial charge < -0.3 is 19.9 Å². The topological polar surface area (TPSA) is 85.2 Å². The fourth-order valence-electron chi connectivity index (χ4n) is 3.59. The average molecular weight is 378 g/mol. The number of fused-ring (bicyclic) bond motifs is 1. The number of carbonyl (C=O) groups is 1. The molecule has 28 heavy (non-hydrogen) atoms. The van der Waals surface area contributed by atoms with E-state index in [0.29, 0.717) is 12.3 Å². The van der Waals surface area contributed by atoms with Gasteiger partial charge in [-0.05, 0) is 54.1 Å². The molecule has 1 saturated heterocycles. The summed E-state index contributed by atoms with van der Waals surface area (Å²) in [5.41, 5.74) is 2.30. The molecular formula is C21H22N4O3. The Kier molecular flexibility index (Phi) is 5.08. The third kappa shape index (κ3) is 3.75. The summed E-state index contributed by atoms with van der Waals surface area (Å²) in [6, 6.07) is 12.2. The number of urea groups is 1. The lowest BCUT2D eigenvalue weighted by molar-refractivity contribution is -0.00701. The number of anilines is 1. The Morgan fingerprint density at radius 1 is 1.18 bits per heavy atom. The molecule has 0 radical (unpaired) electrons. The maximum atomic E-state index is 12.6. The molecule has 7 heteroatoms. The fraction of sp³-hybridized carbons (Fsp3) is 0.286. The highest BCUT2D eigenvalue weighted by Gasteiger charge is 2.28. The van der Waals surface area contributed by atoms with Crippen molar-refractivity contribution in [1.82, 2.24) is 14.9 Å². The number of aromatic nitrogens is 2. The molecule has 1 fully saturated rings. The number of amides is 2. The Labute approximate surface area is 162 Å². The minimum atomic E-state index is -0.296. The van der Waals surface area contributed by atoms with E-state index in [0.717, 1.165) is 29.3 Å². The average Bonchev–Trinajstić information content (AvgIpc) is 2.72. The molecule has 2 aromatic heterocycles. The van der Waals surface area contributed by atoms with Crippen LogP contribution in [-0.2, 0) is 11.8 Å². The predicted octanol–water partition coefficient (Wildman–Crippen LogP) is 2.98. The van der Waals surface area contributed by atoms with Crippen molar-refractivity contribution in [3.63, 3.8) is 0 Å². The molecule has 0 saturated carbocycles. The molecule has 2 amide bonds. The highest BCUT2D eigenvalue weighted by Crippen LogP contribution is 2.28. The number of pyridine rings is 2. The molecular weight excluding hydrogens is 356 g/mol. The van der Waals surface area contributed by atoms with Crippen molar-refractivity contribution in [2.45, 2.75) is 25.0 Å². The van der Waals surface area contributed by atoms with Gasteiger partial charge in [0.1, 0.15) is 6.10 Å². The molecule has 1 aliphatic rings. The number of carbonyl (C=O) groups excluding carboxylic acids is 1. The van der Waals surface area contributed by atoms with Gasteiger partial charge in [-0.25, -0.2) is 4.79 Å². The van der Waals surface area contributed by atoms with Crippen LogP contribution < -0.4 is 16.2 Å². The number of rotatable bonds is 3. The summed E-state index contributed by atoms with van der Waals surface area (Å²) in [4.78, 5) is 28.5. The van der Waals surface area contributed by atoms with Crippen LogP contribution in [0.3, 0.4) is 0 Å². The molecule has 1 aliphatic heterocycles. The van der Waals surface area contributed by atoms with Gasteiger partial charge in [0, 0.05) is 37.8 Å². The Hall–Kier alpha value is -3.19. The smallest absolute Gasteiger partial charge is 0.319 e. The second-order valence-corrected chi connectivity index (χ2v) is 6.92. The summed E-state index contributed by atoms with van der Waals surface area (Å²) in [5, 5.41) is 6.83. The monoisotopic (exact) mass is 378 g/mol. The number of nitrogens with zero attached hydrogens (tertiary/aromatic N) is 2. The minimum Gasteiger partial charge on any atom is -0.371 e. The maximum Gasteiger partial charge on any atom is 0.319 e. The van der Waals surface area contributed by atoms with E-state index in [-0.39, 0.29) is 23.7 Å². The third-order valence-corrected chi connectivity index (χ3v) is 5.06. The minimum absolute atomic E-state index is 0.0892. The summed E-state index contributed by atoms with van der Waals surface area (Å²) in [5.74, 6) is 0. The molecule has 2 N–H and O–H groups in total. The zero-order chi connectivity index (χ0) is 19.5. The van der Waals surface area contributed by atoms with Crippen molar-refractivity contribution in [1.29, 1.82) is 0 Å². The summed E-state index contributed by atoms with van der Waals surface area (Å²) < 4.78 is 7.47. The van der Waals surface area contributed by atoms with Crippen molar-refractivity contribution >= 4 is 22.6 Å². The van der Waals surface area contributed by atoms with Crippen LogP contribution in [0.25, 0.3) is 10.9 Å². The van der Waals surface area contributed by atoms with E-state index in [1.807, 2.05) is 24.3 Å². The molecule has 0 bridgehead atoms. The van der Waals surface area contributed by atoms with Crippen LogP contribution in [0, 0.1) is 0 Å². The van der Waals surface area contributed by atoms with Gasteiger partial charge in [-0.15, -0.1) is 0 Å². The number of hydrogen-bond donors (Lipinski definition) is 2. The van der Waals surface area contributed by atoms with Crippen LogP contribution >= 0.6 is 0 Å². The lowest BCUT2D eigenvalue weighted by atomic mass is 9.97. The van der Waals surface area contributed by atoms with Crippen LogP contribution in [0.1, 0.15) is 24.5 Å². The van der Waals surface area contributed by atoms with Gasteiger partial charge in [-0.3, -0.25) is 9.78 Å². The van der Waals surface area contributed by atoms with E-state index in [4.69, 9.17) is 4.74 Å². The van der Waals surface area contributed by atoms with Gasteiger partial charge in [-0.1, -0.05) is 6.07 Å². The fourth-order valence-corrected chi connectivity index (χ4v) is 3.59. The van der Waals surface area contributed by atoms with Crippen molar-refractivity contribution in [2.75, 3.05) is 11.9 Å². The van der Waals surface area contributed by atoms with Gasteiger partial charge in [0.15, 0.2) is 0 Å². The predicted molar refractivity (Wildman–Crippen MR) is 107 cm³/mol. The van der Waals surface area contributed by atoms with E-state index in [1.165, 1.54) is 6.07 Å². The molecule has 0 spiro atoms. The van der Waals surface area contributed by atoms with Crippen LogP contribution in [0.2, 0.25) is 0 Å². The Morgan fingerprint density at radius 3 is 2.79 bits per heavy atom. The second kappa shape index (κ2) is 7.82. The molecule has 0 unspecified atom stereocenters. The van der Waals surface area contributed by atoms with Crippen molar-refractivity contribution in [2.24, 2.45) is 7.05 Å². The first-order chi connectivity index (χ1) is 13.6. The first-order valence-corrected chi connectivity index (χ1v) is 9.31. The quantitative estimate of drug-likeness (QED) is 0.734. The molecule has 0 aliphatic carbocycles. The molecule has 2 atom stereocenters. The van der Waals surface area contributed by atoms with Gasteiger partial charge in [0.2, 0.25) is 0 Å². The molecule has 1 aromatic carbocycles. The molecule has 7 nitrogen and oxygen atoms in total. The highest BCUT2D eigenvalue weighted by atomic mass is 16.5. The van der Waals surface area contributed by atoms with Gasteiger partial charge in [0.25, 0.3) is 5.56 Å². The van der Waals surface area contributed by atoms with Gasteiger partial charge in [-0.2, -0.15) is 0 Å². The van der Waals surface area contributed by atoms with Crippen LogP contribution in [-0.4, -0.2) is 28.2 Å². The highest BCUT2D eigenvalue weighted by molar-refractivity contribution is 5.92. The lowest BCUT2D eigenvalue weighted by Gasteiger charge is -2.32. The molecule has 3 aromatic rings. The van der Waals surface area contributed by atoms with Crippen LogP contribution in [0.4, 0.5) is 10.5 Å². The first-order valence-electron chi connectivity index (χ1n) is 9.31. The normalized spacial score (nSPS) is 19.3. The van der Waals surface area contributed by atoms with E-state index < -0.39 is 0 Å². The lowest BCUT2D eigenvalue weighted by Crippen LogP contribution is -2.44. The first kappa shape index (κ1) is 18.2. The maximum absolute atomic E-state index is 12.6. The standard InChI is InChI=1S/C21H22N4O3/c1-25-18-13-16(6-4-14(18)5-7-19(25)26)23-21(27)24-17-3-2-12-28-20(17)15-8-10-22-11-9-15/h4-11,13,17,20H,2-3,12H2,1H3,(H2,23,24,27)/t17-,20+/m0/s1. The zero-order valence-corrected chi connectivity index (χ0v) is 15.6. The Morgan fingerprint density at radius 2 is 1.96 bits per heavy atom. The third-order valence-electron chi connectivity index (χ3n) is 5.06. The molecule has 3 heterocycles. The van der Waals surface area contributed by atoms with Crippen LogP contribution in [0.15, 0.2) is 59.7 Å². The Balaban J connectivity index is 1.50. The van der Waals surface area contributed by atoms with Gasteiger partial charge in [0.05, 0.1) is 11.6 Å². The SMILES string of the molecule is Cn1c(=O)ccc2ccc(NC(=O)N[C@H]3CCCO[C@@H]3c3ccncc3)cc21. The zero-order valence-electron chi connectivity index (χ0n) is 15.6. The number of aryl methyl sites for hydroxylation is 1. The van der Waals surface area contributed by atoms with E-state index in [2.05, 4.69) is 15.6 Å². The second-order valence-electron chi connectivity index (χ2n) is 6.92. The number of hydrogen-bond acceptors (Lipinski definition) is 4.